The van der Waals surface area contributed by atoms with Crippen molar-refractivity contribution in [3.8, 4) is 5.75 Å². The fourth-order valence-corrected chi connectivity index (χ4v) is 1.18. The number of esters is 1. The highest BCUT2D eigenvalue weighted by molar-refractivity contribution is 5.90. The van der Waals surface area contributed by atoms with E-state index in [0.29, 0.717) is 5.57 Å². The Hall–Kier alpha value is -2.30. The lowest BCUT2D eigenvalue weighted by molar-refractivity contribution is -0.139. The number of carboxylic acids is 1. The second-order valence-corrected chi connectivity index (χ2v) is 3.57. The second-order valence-electron chi connectivity index (χ2n) is 3.57. The summed E-state index contributed by atoms with van der Waals surface area (Å²) >= 11 is 0. The zero-order chi connectivity index (χ0) is 13.5. The molecule has 0 fully saturated rings. The largest absolute Gasteiger partial charge is 0.489 e. The van der Waals surface area contributed by atoms with Crippen LogP contribution in [0.3, 0.4) is 0 Å². The van der Waals surface area contributed by atoms with Crippen LogP contribution in [0.15, 0.2) is 36.4 Å². The van der Waals surface area contributed by atoms with Crippen LogP contribution in [0.1, 0.15) is 17.3 Å². The topological polar surface area (TPSA) is 72.8 Å². The summed E-state index contributed by atoms with van der Waals surface area (Å²) in [6.45, 7) is 5.11. The Morgan fingerprint density at radius 2 is 1.94 bits per heavy atom. The lowest BCUT2D eigenvalue weighted by atomic mass is 10.2. The van der Waals surface area contributed by atoms with E-state index in [1.165, 1.54) is 6.07 Å². The summed E-state index contributed by atoms with van der Waals surface area (Å²) in [5.41, 5.74) is 0.379. The molecule has 0 atom stereocenters. The number of para-hydroxylation sites is 1. The van der Waals surface area contributed by atoms with E-state index in [2.05, 4.69) is 6.58 Å². The van der Waals surface area contributed by atoms with E-state index in [9.17, 15) is 9.59 Å². The highest BCUT2D eigenvalue weighted by atomic mass is 16.6. The van der Waals surface area contributed by atoms with E-state index < -0.39 is 11.9 Å². The molecule has 5 heteroatoms. The number of carbonyl (C=O) groups is 2. The summed E-state index contributed by atoms with van der Waals surface area (Å²) in [4.78, 5) is 21.9. The van der Waals surface area contributed by atoms with E-state index in [1.807, 2.05) is 0 Å². The van der Waals surface area contributed by atoms with Crippen molar-refractivity contribution in [3.63, 3.8) is 0 Å². The van der Waals surface area contributed by atoms with Crippen LogP contribution < -0.4 is 4.74 Å². The van der Waals surface area contributed by atoms with Crippen molar-refractivity contribution in [2.45, 2.75) is 6.92 Å². The maximum Gasteiger partial charge on any atom is 0.339 e. The van der Waals surface area contributed by atoms with Crippen LogP contribution in [0.2, 0.25) is 0 Å². The minimum atomic E-state index is -1.07. The Kier molecular flexibility index (Phi) is 4.92. The van der Waals surface area contributed by atoms with Crippen LogP contribution in [-0.2, 0) is 9.53 Å². The molecular formula is C13H14O5. The Balaban J connectivity index is 2.47. The van der Waals surface area contributed by atoms with Crippen LogP contribution >= 0.6 is 0 Å². The van der Waals surface area contributed by atoms with Gasteiger partial charge in [0.15, 0.2) is 0 Å². The average molecular weight is 250 g/mol. The van der Waals surface area contributed by atoms with E-state index in [4.69, 9.17) is 14.6 Å². The molecule has 18 heavy (non-hydrogen) atoms. The van der Waals surface area contributed by atoms with E-state index in [1.54, 1.807) is 25.1 Å². The molecular weight excluding hydrogens is 236 g/mol. The number of carboxylic acid groups (broad SMARTS) is 1. The number of hydrogen-bond acceptors (Lipinski definition) is 4. The third-order valence-electron chi connectivity index (χ3n) is 2.04. The Morgan fingerprint density at radius 1 is 1.28 bits per heavy atom. The standard InChI is InChI=1S/C13H14O5/c1-9(2)13(16)18-8-7-17-11-6-4-3-5-10(11)12(14)15/h3-6H,1,7-8H2,2H3,(H,14,15). The molecule has 0 aromatic heterocycles. The van der Waals surface area contributed by atoms with Crippen LogP contribution in [0.25, 0.3) is 0 Å². The maximum absolute atomic E-state index is 11.1. The van der Waals surface area contributed by atoms with Gasteiger partial charge in [-0.2, -0.15) is 0 Å². The van der Waals surface area contributed by atoms with Crippen LogP contribution in [0.4, 0.5) is 0 Å². The number of benzene rings is 1. The summed E-state index contributed by atoms with van der Waals surface area (Å²) in [6, 6.07) is 6.26. The Morgan fingerprint density at radius 3 is 2.56 bits per heavy atom. The highest BCUT2D eigenvalue weighted by Gasteiger charge is 2.10. The number of ether oxygens (including phenoxy) is 2. The molecule has 0 aliphatic rings. The monoisotopic (exact) mass is 250 g/mol. The van der Waals surface area contributed by atoms with Gasteiger partial charge in [-0.1, -0.05) is 18.7 Å². The molecule has 0 radical (unpaired) electrons. The van der Waals surface area contributed by atoms with Gasteiger partial charge in [0.2, 0.25) is 0 Å². The lowest BCUT2D eigenvalue weighted by Crippen LogP contribution is -2.13. The number of carbonyl (C=O) groups excluding carboxylic acids is 1. The summed E-state index contributed by atoms with van der Waals surface area (Å²) < 4.78 is 10.1. The number of aromatic carboxylic acids is 1. The van der Waals surface area contributed by atoms with Crippen molar-refractivity contribution < 1.29 is 24.2 Å². The van der Waals surface area contributed by atoms with E-state index >= 15 is 0 Å². The number of hydrogen-bond donors (Lipinski definition) is 1. The van der Waals surface area contributed by atoms with E-state index in [0.717, 1.165) is 0 Å². The van der Waals surface area contributed by atoms with Crippen molar-refractivity contribution in [1.82, 2.24) is 0 Å². The molecule has 0 bridgehead atoms. The maximum atomic E-state index is 11.1. The minimum Gasteiger partial charge on any atom is -0.489 e. The van der Waals surface area contributed by atoms with Crippen LogP contribution in [0, 0.1) is 0 Å². The molecule has 0 spiro atoms. The molecule has 1 N–H and O–H groups in total. The SMILES string of the molecule is C=C(C)C(=O)OCCOc1ccccc1C(=O)O. The summed E-state index contributed by atoms with van der Waals surface area (Å²) in [5.74, 6) is -1.31. The number of rotatable bonds is 6. The van der Waals surface area contributed by atoms with Gasteiger partial charge in [-0.25, -0.2) is 9.59 Å². The first-order valence-corrected chi connectivity index (χ1v) is 5.30. The molecule has 0 saturated carbocycles. The van der Waals surface area contributed by atoms with Crippen LogP contribution in [0.5, 0.6) is 5.75 Å². The van der Waals surface area contributed by atoms with Crippen LogP contribution in [-0.4, -0.2) is 30.3 Å². The first-order chi connectivity index (χ1) is 8.52. The normalized spacial score (nSPS) is 9.61. The minimum absolute atomic E-state index is 0.0413. The molecule has 5 nitrogen and oxygen atoms in total. The zero-order valence-electron chi connectivity index (χ0n) is 10.0. The average Bonchev–Trinajstić information content (AvgIpc) is 2.34. The smallest absolute Gasteiger partial charge is 0.339 e. The Labute approximate surface area is 105 Å². The van der Waals surface area contributed by atoms with Crippen molar-refractivity contribution in [3.05, 3.63) is 42.0 Å². The van der Waals surface area contributed by atoms with E-state index in [-0.39, 0.29) is 24.5 Å². The Bertz CT molecular complexity index is 464. The predicted octanol–water partition coefficient (Wildman–Crippen LogP) is 1.88. The van der Waals surface area contributed by atoms with Gasteiger partial charge in [0, 0.05) is 5.57 Å². The molecule has 0 aliphatic heterocycles. The highest BCUT2D eigenvalue weighted by Crippen LogP contribution is 2.17. The quantitative estimate of drug-likeness (QED) is 0.474. The van der Waals surface area contributed by atoms with Crippen molar-refractivity contribution >= 4 is 11.9 Å². The first-order valence-electron chi connectivity index (χ1n) is 5.30. The van der Waals surface area contributed by atoms with Gasteiger partial charge >= 0.3 is 11.9 Å². The third-order valence-corrected chi connectivity index (χ3v) is 2.04. The summed E-state index contributed by atoms with van der Waals surface area (Å²) in [5, 5.41) is 8.91. The van der Waals surface area contributed by atoms with Gasteiger partial charge in [-0.15, -0.1) is 0 Å². The molecule has 1 rings (SSSR count). The van der Waals surface area contributed by atoms with Crippen molar-refractivity contribution in [2.24, 2.45) is 0 Å². The fourth-order valence-electron chi connectivity index (χ4n) is 1.18. The summed E-state index contributed by atoms with van der Waals surface area (Å²) in [6.07, 6.45) is 0. The van der Waals surface area contributed by atoms with Gasteiger partial charge in [0.25, 0.3) is 0 Å². The van der Waals surface area contributed by atoms with Crippen molar-refractivity contribution in [2.75, 3.05) is 13.2 Å². The molecule has 0 aliphatic carbocycles. The molecule has 96 valence electrons. The molecule has 0 amide bonds. The second kappa shape index (κ2) is 6.44. The lowest BCUT2D eigenvalue weighted by Gasteiger charge is -2.09. The molecule has 1 aromatic rings. The molecule has 0 heterocycles. The third kappa shape index (κ3) is 3.93. The zero-order valence-corrected chi connectivity index (χ0v) is 10.0. The van der Waals surface area contributed by atoms with Gasteiger partial charge in [-0.05, 0) is 19.1 Å². The molecule has 0 saturated heterocycles. The van der Waals surface area contributed by atoms with Gasteiger partial charge in [-0.3, -0.25) is 0 Å². The predicted molar refractivity (Wildman–Crippen MR) is 64.7 cm³/mol. The molecule has 1 aromatic carbocycles. The van der Waals surface area contributed by atoms with Gasteiger partial charge in [0.1, 0.15) is 24.5 Å². The van der Waals surface area contributed by atoms with Gasteiger partial charge in [0.05, 0.1) is 0 Å². The first kappa shape index (κ1) is 13.8. The fraction of sp³-hybridized carbons (Fsp3) is 0.231. The summed E-state index contributed by atoms with van der Waals surface area (Å²) in [7, 11) is 0. The molecule has 0 unspecified atom stereocenters. The van der Waals surface area contributed by atoms with Crippen molar-refractivity contribution in [1.29, 1.82) is 0 Å². The van der Waals surface area contributed by atoms with Gasteiger partial charge < -0.3 is 14.6 Å².